The molecule has 8 nitrogen and oxygen atoms in total. The number of piperidine rings is 1. The maximum atomic E-state index is 13.6. The molecule has 0 aliphatic carbocycles. The van der Waals surface area contributed by atoms with Gasteiger partial charge in [0, 0.05) is 24.1 Å². The molecule has 3 heterocycles. The van der Waals surface area contributed by atoms with Crippen molar-refractivity contribution in [3.8, 4) is 5.75 Å². The third kappa shape index (κ3) is 3.59. The molecular formula is C27H29N3O5. The number of imide groups is 1. The van der Waals surface area contributed by atoms with Crippen molar-refractivity contribution >= 4 is 23.6 Å². The molecule has 1 fully saturated rings. The zero-order chi connectivity index (χ0) is 25.0. The monoisotopic (exact) mass is 475 g/mol. The smallest absolute Gasteiger partial charge is 0.255 e. The Bertz CT molecular complexity index is 1270. The first kappa shape index (κ1) is 23.1. The first-order chi connectivity index (χ1) is 16.7. The van der Waals surface area contributed by atoms with Gasteiger partial charge in [-0.2, -0.15) is 0 Å². The van der Waals surface area contributed by atoms with Crippen LogP contribution in [0.2, 0.25) is 0 Å². The maximum absolute atomic E-state index is 13.6. The second kappa shape index (κ2) is 8.52. The Labute approximate surface area is 204 Å². The Morgan fingerprint density at radius 2 is 1.86 bits per heavy atom. The van der Waals surface area contributed by atoms with Crippen molar-refractivity contribution in [3.63, 3.8) is 0 Å². The molecule has 1 N–H and O–H groups in total. The van der Waals surface area contributed by atoms with Crippen LogP contribution in [0.15, 0.2) is 30.3 Å². The van der Waals surface area contributed by atoms with Crippen LogP contribution in [0.5, 0.6) is 5.75 Å². The SMILES string of the molecule is CCOc1ccc2c(c1C)CN(C(=O)c1ccc3c(c1)[C@@H](C)N([C@H]1CCC(=O)NC1=O)C3=O)[C@H]2C. The summed E-state index contributed by atoms with van der Waals surface area (Å²) in [6, 6.07) is 7.99. The van der Waals surface area contributed by atoms with Crippen LogP contribution in [-0.4, -0.2) is 46.1 Å². The molecule has 3 aliphatic rings. The largest absolute Gasteiger partial charge is 0.494 e. The van der Waals surface area contributed by atoms with Crippen LogP contribution >= 0.6 is 0 Å². The van der Waals surface area contributed by atoms with E-state index in [-0.39, 0.29) is 36.2 Å². The summed E-state index contributed by atoms with van der Waals surface area (Å²) in [5, 5.41) is 2.33. The van der Waals surface area contributed by atoms with Gasteiger partial charge in [-0.15, -0.1) is 0 Å². The van der Waals surface area contributed by atoms with E-state index in [1.54, 1.807) is 18.2 Å². The molecule has 1 saturated heterocycles. The molecule has 2 aromatic carbocycles. The number of carbonyl (C=O) groups excluding carboxylic acids is 4. The van der Waals surface area contributed by atoms with Gasteiger partial charge in [0.25, 0.3) is 11.8 Å². The molecule has 0 unspecified atom stereocenters. The van der Waals surface area contributed by atoms with E-state index < -0.39 is 11.9 Å². The molecular weight excluding hydrogens is 446 g/mol. The number of fused-ring (bicyclic) bond motifs is 2. The Hall–Kier alpha value is -3.68. The highest BCUT2D eigenvalue weighted by Crippen LogP contribution is 2.41. The number of carbonyl (C=O) groups is 4. The second-order valence-electron chi connectivity index (χ2n) is 9.46. The quantitative estimate of drug-likeness (QED) is 0.684. The zero-order valence-corrected chi connectivity index (χ0v) is 20.4. The average molecular weight is 476 g/mol. The number of benzene rings is 2. The van der Waals surface area contributed by atoms with Crippen LogP contribution in [0, 0.1) is 6.92 Å². The summed E-state index contributed by atoms with van der Waals surface area (Å²) in [7, 11) is 0. The van der Waals surface area contributed by atoms with Crippen molar-refractivity contribution in [2.45, 2.75) is 65.2 Å². The third-order valence-corrected chi connectivity index (χ3v) is 7.57. The molecule has 0 radical (unpaired) electrons. The topological polar surface area (TPSA) is 96.0 Å². The fourth-order valence-electron chi connectivity index (χ4n) is 5.62. The summed E-state index contributed by atoms with van der Waals surface area (Å²) in [5.41, 5.74) is 5.02. The zero-order valence-electron chi connectivity index (χ0n) is 20.4. The lowest BCUT2D eigenvalue weighted by Crippen LogP contribution is -2.53. The number of nitrogens with one attached hydrogen (secondary N) is 1. The van der Waals surface area contributed by atoms with Crippen LogP contribution in [0.4, 0.5) is 0 Å². The van der Waals surface area contributed by atoms with E-state index in [0.717, 1.165) is 28.0 Å². The summed E-state index contributed by atoms with van der Waals surface area (Å²) in [6.07, 6.45) is 0.498. The van der Waals surface area contributed by atoms with E-state index in [1.807, 2.05) is 44.7 Å². The van der Waals surface area contributed by atoms with Crippen molar-refractivity contribution in [3.05, 3.63) is 63.7 Å². The maximum Gasteiger partial charge on any atom is 0.255 e. The minimum atomic E-state index is -0.697. The fraction of sp³-hybridized carbons (Fsp3) is 0.407. The number of ether oxygens (including phenoxy) is 1. The summed E-state index contributed by atoms with van der Waals surface area (Å²) < 4.78 is 5.74. The van der Waals surface area contributed by atoms with Crippen molar-refractivity contribution < 1.29 is 23.9 Å². The normalized spacial score (nSPS) is 23.3. The van der Waals surface area contributed by atoms with Crippen LogP contribution < -0.4 is 10.1 Å². The van der Waals surface area contributed by atoms with Gasteiger partial charge in [-0.25, -0.2) is 0 Å². The molecule has 5 rings (SSSR count). The Kier molecular flexibility index (Phi) is 5.62. The van der Waals surface area contributed by atoms with E-state index in [4.69, 9.17) is 4.74 Å². The van der Waals surface area contributed by atoms with Gasteiger partial charge in [0.1, 0.15) is 11.8 Å². The van der Waals surface area contributed by atoms with Crippen LogP contribution in [0.1, 0.15) is 88.7 Å². The number of rotatable bonds is 4. The highest BCUT2D eigenvalue weighted by atomic mass is 16.5. The average Bonchev–Trinajstić information content (AvgIpc) is 3.30. The van der Waals surface area contributed by atoms with Gasteiger partial charge in [-0.3, -0.25) is 24.5 Å². The lowest BCUT2D eigenvalue weighted by molar-refractivity contribution is -0.137. The molecule has 4 amide bonds. The predicted octanol–water partition coefficient (Wildman–Crippen LogP) is 3.43. The van der Waals surface area contributed by atoms with Gasteiger partial charge in [-0.1, -0.05) is 6.07 Å². The van der Waals surface area contributed by atoms with Crippen molar-refractivity contribution in [2.24, 2.45) is 0 Å². The molecule has 35 heavy (non-hydrogen) atoms. The van der Waals surface area contributed by atoms with E-state index in [0.29, 0.717) is 30.7 Å². The highest BCUT2D eigenvalue weighted by molar-refractivity contribution is 6.06. The molecule has 0 spiro atoms. The van der Waals surface area contributed by atoms with Crippen molar-refractivity contribution in [2.75, 3.05) is 6.61 Å². The fourth-order valence-corrected chi connectivity index (χ4v) is 5.62. The van der Waals surface area contributed by atoms with Gasteiger partial charge in [0.2, 0.25) is 11.8 Å². The van der Waals surface area contributed by atoms with Crippen molar-refractivity contribution in [1.29, 1.82) is 0 Å². The number of hydrogen-bond donors (Lipinski definition) is 1. The standard InChI is InChI=1S/C27H29N3O5/c1-5-35-23-10-8-18-15(3)29(13-21(18)14(23)2)26(33)17-6-7-19-20(12-17)16(4)30(27(19)34)22-9-11-24(31)28-25(22)32/h6-8,10,12,15-16,22H,5,9,11,13H2,1-4H3,(H,28,31,32)/t15-,16+,22-/m0/s1. The third-order valence-electron chi connectivity index (χ3n) is 7.57. The van der Waals surface area contributed by atoms with Gasteiger partial charge in [-0.05, 0) is 80.6 Å². The highest BCUT2D eigenvalue weighted by Gasteiger charge is 2.43. The molecule has 182 valence electrons. The van der Waals surface area contributed by atoms with E-state index in [2.05, 4.69) is 5.32 Å². The van der Waals surface area contributed by atoms with Gasteiger partial charge >= 0.3 is 0 Å². The van der Waals surface area contributed by atoms with E-state index in [9.17, 15) is 19.2 Å². The number of nitrogens with zero attached hydrogens (tertiary/aromatic N) is 2. The second-order valence-corrected chi connectivity index (χ2v) is 9.46. The van der Waals surface area contributed by atoms with E-state index in [1.165, 1.54) is 4.90 Å². The van der Waals surface area contributed by atoms with Gasteiger partial charge in [0.05, 0.1) is 18.7 Å². The Morgan fingerprint density at radius 1 is 1.09 bits per heavy atom. The first-order valence-corrected chi connectivity index (χ1v) is 12.1. The molecule has 0 bridgehead atoms. The molecule has 3 aliphatic heterocycles. The molecule has 0 saturated carbocycles. The summed E-state index contributed by atoms with van der Waals surface area (Å²) in [6.45, 7) is 8.93. The van der Waals surface area contributed by atoms with Gasteiger partial charge in [0.15, 0.2) is 0 Å². The summed E-state index contributed by atoms with van der Waals surface area (Å²) >= 11 is 0. The van der Waals surface area contributed by atoms with Gasteiger partial charge < -0.3 is 14.5 Å². The van der Waals surface area contributed by atoms with Crippen LogP contribution in [-0.2, 0) is 16.1 Å². The van der Waals surface area contributed by atoms with Crippen molar-refractivity contribution in [1.82, 2.24) is 15.1 Å². The predicted molar refractivity (Wildman–Crippen MR) is 128 cm³/mol. The lowest BCUT2D eigenvalue weighted by atomic mass is 10.00. The Balaban J connectivity index is 1.41. The minimum absolute atomic E-state index is 0.0841. The lowest BCUT2D eigenvalue weighted by Gasteiger charge is -2.32. The molecule has 8 heteroatoms. The van der Waals surface area contributed by atoms with Crippen LogP contribution in [0.25, 0.3) is 0 Å². The summed E-state index contributed by atoms with van der Waals surface area (Å²) in [5.74, 6) is -0.280. The number of hydrogen-bond acceptors (Lipinski definition) is 5. The first-order valence-electron chi connectivity index (χ1n) is 12.1. The summed E-state index contributed by atoms with van der Waals surface area (Å²) in [4.78, 5) is 54.1. The number of amides is 4. The Morgan fingerprint density at radius 3 is 2.57 bits per heavy atom. The minimum Gasteiger partial charge on any atom is -0.494 e. The molecule has 2 aromatic rings. The molecule has 3 atom stereocenters. The van der Waals surface area contributed by atoms with E-state index >= 15 is 0 Å². The van der Waals surface area contributed by atoms with Crippen LogP contribution in [0.3, 0.4) is 0 Å². The molecule has 0 aromatic heterocycles.